The van der Waals surface area contributed by atoms with E-state index in [9.17, 15) is 4.79 Å². The van der Waals surface area contributed by atoms with E-state index in [1.165, 1.54) is 16.8 Å². The summed E-state index contributed by atoms with van der Waals surface area (Å²) in [6, 6.07) is 13.9. The van der Waals surface area contributed by atoms with Crippen molar-refractivity contribution in [1.82, 2.24) is 9.88 Å². The lowest BCUT2D eigenvalue weighted by Gasteiger charge is -2.11. The van der Waals surface area contributed by atoms with E-state index < -0.39 is 0 Å². The van der Waals surface area contributed by atoms with E-state index in [-0.39, 0.29) is 12.0 Å². The second-order valence-corrected chi connectivity index (χ2v) is 7.94. The number of carbonyl (C=O) groups is 1. The van der Waals surface area contributed by atoms with Gasteiger partial charge in [0.25, 0.3) is 5.91 Å². The molecule has 2 aromatic carbocycles. The summed E-state index contributed by atoms with van der Waals surface area (Å²) < 4.78 is 7.88. The van der Waals surface area contributed by atoms with Gasteiger partial charge >= 0.3 is 0 Å². The number of halogens is 1. The van der Waals surface area contributed by atoms with Crippen molar-refractivity contribution >= 4 is 28.4 Å². The van der Waals surface area contributed by atoms with Crippen LogP contribution in [0.3, 0.4) is 0 Å². The number of aryl methyl sites for hydroxylation is 1. The highest BCUT2D eigenvalue weighted by atomic mass is 35.5. The molecule has 3 aromatic rings. The van der Waals surface area contributed by atoms with Gasteiger partial charge in [0.2, 0.25) is 0 Å². The molecule has 0 saturated carbocycles. The maximum atomic E-state index is 12.6. The van der Waals surface area contributed by atoms with Gasteiger partial charge in [0.15, 0.2) is 0 Å². The van der Waals surface area contributed by atoms with Crippen molar-refractivity contribution in [2.75, 3.05) is 13.2 Å². The van der Waals surface area contributed by atoms with Gasteiger partial charge < -0.3 is 14.6 Å². The summed E-state index contributed by atoms with van der Waals surface area (Å²) in [7, 11) is 0. The Morgan fingerprint density at radius 3 is 2.71 bits per heavy atom. The highest BCUT2D eigenvalue weighted by Gasteiger charge is 2.18. The minimum atomic E-state index is -0.0418. The molecule has 4 nitrogen and oxygen atoms in total. The zero-order chi connectivity index (χ0) is 19.7. The van der Waals surface area contributed by atoms with Crippen LogP contribution >= 0.6 is 11.6 Å². The molecular formula is C23H25ClN2O2. The molecule has 1 amide bonds. The number of carbonyl (C=O) groups excluding carboxylic acids is 1. The average molecular weight is 397 g/mol. The van der Waals surface area contributed by atoms with Crippen LogP contribution in [0.5, 0.6) is 0 Å². The first-order chi connectivity index (χ1) is 13.5. The van der Waals surface area contributed by atoms with Crippen LogP contribution in [0.1, 0.15) is 40.0 Å². The highest BCUT2D eigenvalue weighted by molar-refractivity contribution is 6.30. The van der Waals surface area contributed by atoms with Crippen molar-refractivity contribution in [3.63, 3.8) is 0 Å². The largest absolute Gasteiger partial charge is 0.376 e. The predicted octanol–water partition coefficient (Wildman–Crippen LogP) is 4.87. The van der Waals surface area contributed by atoms with Crippen molar-refractivity contribution in [3.8, 4) is 0 Å². The average Bonchev–Trinajstić information content (AvgIpc) is 3.31. The van der Waals surface area contributed by atoms with Crippen molar-refractivity contribution in [2.24, 2.45) is 0 Å². The van der Waals surface area contributed by atoms with Crippen molar-refractivity contribution in [2.45, 2.75) is 39.3 Å². The molecule has 5 heteroatoms. The number of hydrogen-bond acceptors (Lipinski definition) is 2. The molecular weight excluding hydrogens is 372 g/mol. The molecule has 1 N–H and O–H groups in total. The first-order valence-corrected chi connectivity index (χ1v) is 10.1. The first-order valence-electron chi connectivity index (χ1n) is 9.76. The summed E-state index contributed by atoms with van der Waals surface area (Å²) in [5, 5.41) is 4.87. The molecule has 1 atom stereocenters. The van der Waals surface area contributed by atoms with Crippen LogP contribution in [-0.4, -0.2) is 29.7 Å². The van der Waals surface area contributed by atoms with E-state index in [1.807, 2.05) is 30.3 Å². The number of ether oxygens (including phenoxy) is 1. The number of benzene rings is 2. The Kier molecular flexibility index (Phi) is 5.42. The van der Waals surface area contributed by atoms with E-state index in [2.05, 4.69) is 35.9 Å². The molecule has 1 aliphatic heterocycles. The van der Waals surface area contributed by atoms with Crippen LogP contribution in [0, 0.1) is 13.8 Å². The molecule has 1 aliphatic rings. The third kappa shape index (κ3) is 3.80. The van der Waals surface area contributed by atoms with E-state index >= 15 is 0 Å². The first kappa shape index (κ1) is 19.0. The topological polar surface area (TPSA) is 43.3 Å². The molecule has 0 bridgehead atoms. The second-order valence-electron chi connectivity index (χ2n) is 7.50. The molecule has 0 spiro atoms. The monoisotopic (exact) mass is 396 g/mol. The highest BCUT2D eigenvalue weighted by Crippen LogP contribution is 2.27. The lowest BCUT2D eigenvalue weighted by atomic mass is 10.1. The maximum absolute atomic E-state index is 12.6. The lowest BCUT2D eigenvalue weighted by molar-refractivity contribution is 0.0858. The molecule has 1 unspecified atom stereocenters. The lowest BCUT2D eigenvalue weighted by Crippen LogP contribution is -2.31. The number of amides is 1. The molecule has 0 radical (unpaired) electrons. The van der Waals surface area contributed by atoms with Crippen LogP contribution < -0.4 is 5.32 Å². The molecule has 1 fully saturated rings. The van der Waals surface area contributed by atoms with E-state index in [4.69, 9.17) is 16.3 Å². The summed E-state index contributed by atoms with van der Waals surface area (Å²) in [6.45, 7) is 6.39. The Hall–Kier alpha value is -2.30. The number of aromatic nitrogens is 1. The van der Waals surface area contributed by atoms with Gasteiger partial charge in [0.05, 0.1) is 6.10 Å². The SMILES string of the molecule is Cc1c(C)n(Cc2ccc(Cl)cc2)c2ccc(C(=O)NCC3CCCO3)cc12. The van der Waals surface area contributed by atoms with Crippen LogP contribution in [0.4, 0.5) is 0 Å². The Morgan fingerprint density at radius 1 is 1.21 bits per heavy atom. The van der Waals surface area contributed by atoms with Crippen LogP contribution in [0.15, 0.2) is 42.5 Å². The summed E-state index contributed by atoms with van der Waals surface area (Å²) >= 11 is 6.01. The standard InChI is InChI=1S/C23H25ClN2O2/c1-15-16(2)26(14-17-5-8-19(24)9-6-17)22-10-7-18(12-21(15)22)23(27)25-13-20-4-3-11-28-20/h5-10,12,20H,3-4,11,13-14H2,1-2H3,(H,25,27). The minimum absolute atomic E-state index is 0.0418. The third-order valence-electron chi connectivity index (χ3n) is 5.67. The fourth-order valence-corrected chi connectivity index (χ4v) is 4.01. The molecule has 4 rings (SSSR count). The zero-order valence-electron chi connectivity index (χ0n) is 16.3. The van der Waals surface area contributed by atoms with Crippen LogP contribution in [0.25, 0.3) is 10.9 Å². The number of nitrogens with one attached hydrogen (secondary N) is 1. The van der Waals surface area contributed by atoms with Crippen molar-refractivity contribution in [1.29, 1.82) is 0 Å². The minimum Gasteiger partial charge on any atom is -0.376 e. The second kappa shape index (κ2) is 7.98. The summed E-state index contributed by atoms with van der Waals surface area (Å²) in [4.78, 5) is 12.6. The number of nitrogens with zero attached hydrogens (tertiary/aromatic N) is 1. The van der Waals surface area contributed by atoms with Gasteiger partial charge in [-0.1, -0.05) is 23.7 Å². The zero-order valence-corrected chi connectivity index (χ0v) is 17.1. The summed E-state index contributed by atoms with van der Waals surface area (Å²) in [5.41, 5.74) is 5.44. The van der Waals surface area contributed by atoms with Gasteiger partial charge in [-0.25, -0.2) is 0 Å². The Bertz CT molecular complexity index is 1000. The van der Waals surface area contributed by atoms with Gasteiger partial charge in [0.1, 0.15) is 0 Å². The van der Waals surface area contributed by atoms with Crippen LogP contribution in [0.2, 0.25) is 5.02 Å². The quantitative estimate of drug-likeness (QED) is 0.668. The van der Waals surface area contributed by atoms with Gasteiger partial charge in [-0.05, 0) is 68.1 Å². The van der Waals surface area contributed by atoms with Gasteiger partial charge in [-0.15, -0.1) is 0 Å². The molecule has 146 valence electrons. The fraction of sp³-hybridized carbons (Fsp3) is 0.348. The summed E-state index contributed by atoms with van der Waals surface area (Å²) in [6.07, 6.45) is 2.24. The maximum Gasteiger partial charge on any atom is 0.251 e. The molecule has 1 aromatic heterocycles. The van der Waals surface area contributed by atoms with Gasteiger partial charge in [0, 0.05) is 46.9 Å². The van der Waals surface area contributed by atoms with E-state index in [0.29, 0.717) is 12.1 Å². The van der Waals surface area contributed by atoms with Gasteiger partial charge in [-0.3, -0.25) is 4.79 Å². The Labute approximate surface area is 170 Å². The third-order valence-corrected chi connectivity index (χ3v) is 5.92. The number of rotatable bonds is 5. The molecule has 1 saturated heterocycles. The smallest absolute Gasteiger partial charge is 0.251 e. The van der Waals surface area contributed by atoms with Crippen molar-refractivity contribution < 1.29 is 9.53 Å². The van der Waals surface area contributed by atoms with Crippen molar-refractivity contribution in [3.05, 3.63) is 69.9 Å². The number of fused-ring (bicyclic) bond motifs is 1. The predicted molar refractivity (Wildman–Crippen MR) is 113 cm³/mol. The Morgan fingerprint density at radius 2 is 2.00 bits per heavy atom. The molecule has 28 heavy (non-hydrogen) atoms. The van der Waals surface area contributed by atoms with Crippen LogP contribution in [-0.2, 0) is 11.3 Å². The van der Waals surface area contributed by atoms with E-state index in [1.54, 1.807) is 0 Å². The number of hydrogen-bond donors (Lipinski definition) is 1. The normalized spacial score (nSPS) is 16.6. The molecule has 0 aliphatic carbocycles. The fourth-order valence-electron chi connectivity index (χ4n) is 3.88. The Balaban J connectivity index is 1.58. The van der Waals surface area contributed by atoms with Gasteiger partial charge in [-0.2, -0.15) is 0 Å². The summed E-state index contributed by atoms with van der Waals surface area (Å²) in [5.74, 6) is -0.0418. The molecule has 2 heterocycles. The van der Waals surface area contributed by atoms with E-state index in [0.717, 1.165) is 41.9 Å².